The fourth-order valence-corrected chi connectivity index (χ4v) is 3.35. The van der Waals surface area contributed by atoms with Gasteiger partial charge in [0, 0.05) is 6.04 Å². The van der Waals surface area contributed by atoms with Gasteiger partial charge in [0.25, 0.3) is 0 Å². The van der Waals surface area contributed by atoms with E-state index in [2.05, 4.69) is 13.8 Å². The van der Waals surface area contributed by atoms with E-state index in [-0.39, 0.29) is 0 Å². The summed E-state index contributed by atoms with van der Waals surface area (Å²) >= 11 is 0. The topological polar surface area (TPSA) is 26.0 Å². The molecule has 0 amide bonds. The van der Waals surface area contributed by atoms with Gasteiger partial charge in [-0.1, -0.05) is 13.8 Å². The highest BCUT2D eigenvalue weighted by Gasteiger charge is 2.45. The van der Waals surface area contributed by atoms with E-state index in [0.29, 0.717) is 6.04 Å². The van der Waals surface area contributed by atoms with E-state index >= 15 is 0 Å². The van der Waals surface area contributed by atoms with Crippen molar-refractivity contribution in [1.29, 1.82) is 0 Å². The van der Waals surface area contributed by atoms with Crippen molar-refractivity contribution in [3.05, 3.63) is 0 Å². The molecule has 1 nitrogen and oxygen atoms in total. The van der Waals surface area contributed by atoms with Crippen LogP contribution in [0, 0.1) is 23.7 Å². The van der Waals surface area contributed by atoms with Crippen LogP contribution < -0.4 is 5.73 Å². The predicted molar refractivity (Wildman–Crippen MR) is 51.8 cm³/mol. The van der Waals surface area contributed by atoms with E-state index in [1.165, 1.54) is 25.7 Å². The molecule has 70 valence electrons. The van der Waals surface area contributed by atoms with Crippen molar-refractivity contribution >= 4 is 0 Å². The van der Waals surface area contributed by atoms with Crippen LogP contribution in [0.5, 0.6) is 0 Å². The SMILES string of the molecule is CC(C)C[C@@H]1[C@H]2CC[C@H](C2)[C@H]1N. The fraction of sp³-hybridized carbons (Fsp3) is 1.00. The molecule has 0 aromatic heterocycles. The van der Waals surface area contributed by atoms with E-state index in [1.807, 2.05) is 0 Å². The fourth-order valence-electron chi connectivity index (χ4n) is 3.35. The van der Waals surface area contributed by atoms with Gasteiger partial charge in [-0.3, -0.25) is 0 Å². The molecular weight excluding hydrogens is 146 g/mol. The number of rotatable bonds is 2. The summed E-state index contributed by atoms with van der Waals surface area (Å²) in [5.74, 6) is 3.58. The number of fused-ring (bicyclic) bond motifs is 2. The normalized spacial score (nSPS) is 46.0. The summed E-state index contributed by atoms with van der Waals surface area (Å²) in [5.41, 5.74) is 6.21. The lowest BCUT2D eigenvalue weighted by atomic mass is 9.80. The first-order valence-corrected chi connectivity index (χ1v) is 5.44. The third-order valence-electron chi connectivity index (χ3n) is 3.90. The minimum absolute atomic E-state index is 0.547. The van der Waals surface area contributed by atoms with Crippen LogP contribution in [0.25, 0.3) is 0 Å². The first kappa shape index (κ1) is 8.55. The highest BCUT2D eigenvalue weighted by atomic mass is 14.7. The Morgan fingerprint density at radius 2 is 1.92 bits per heavy atom. The number of hydrogen-bond acceptors (Lipinski definition) is 1. The molecule has 2 bridgehead atoms. The molecule has 0 saturated heterocycles. The molecule has 0 aliphatic heterocycles. The molecular formula is C11H21N. The van der Waals surface area contributed by atoms with Gasteiger partial charge in [-0.2, -0.15) is 0 Å². The van der Waals surface area contributed by atoms with Crippen LogP contribution in [0.1, 0.15) is 39.5 Å². The summed E-state index contributed by atoms with van der Waals surface area (Å²) in [6, 6.07) is 0.547. The number of hydrogen-bond donors (Lipinski definition) is 1. The second-order valence-electron chi connectivity index (χ2n) is 5.20. The molecule has 0 radical (unpaired) electrons. The van der Waals surface area contributed by atoms with Crippen molar-refractivity contribution in [2.24, 2.45) is 29.4 Å². The van der Waals surface area contributed by atoms with E-state index < -0.39 is 0 Å². The van der Waals surface area contributed by atoms with Gasteiger partial charge < -0.3 is 5.73 Å². The maximum atomic E-state index is 6.21. The van der Waals surface area contributed by atoms with Crippen LogP contribution >= 0.6 is 0 Å². The molecule has 2 aliphatic carbocycles. The lowest BCUT2D eigenvalue weighted by Crippen LogP contribution is -2.36. The van der Waals surface area contributed by atoms with Crippen molar-refractivity contribution in [2.45, 2.75) is 45.6 Å². The molecule has 0 spiro atoms. The predicted octanol–water partition coefficient (Wildman–Crippen LogP) is 2.41. The van der Waals surface area contributed by atoms with Crippen LogP contribution in [0.2, 0.25) is 0 Å². The second-order valence-corrected chi connectivity index (χ2v) is 5.20. The minimum Gasteiger partial charge on any atom is -0.327 e. The maximum absolute atomic E-state index is 6.21. The Bertz CT molecular complexity index is 162. The molecule has 0 aromatic rings. The van der Waals surface area contributed by atoms with Gasteiger partial charge in [0.05, 0.1) is 0 Å². The highest BCUT2D eigenvalue weighted by Crippen LogP contribution is 2.49. The zero-order chi connectivity index (χ0) is 8.72. The Kier molecular flexibility index (Phi) is 2.16. The first-order valence-electron chi connectivity index (χ1n) is 5.44. The Labute approximate surface area is 75.7 Å². The van der Waals surface area contributed by atoms with Gasteiger partial charge in [-0.15, -0.1) is 0 Å². The highest BCUT2D eigenvalue weighted by molar-refractivity contribution is 4.98. The Morgan fingerprint density at radius 3 is 2.42 bits per heavy atom. The molecule has 2 saturated carbocycles. The van der Waals surface area contributed by atoms with Crippen molar-refractivity contribution in [2.75, 3.05) is 0 Å². The molecule has 0 unspecified atom stereocenters. The van der Waals surface area contributed by atoms with Gasteiger partial charge in [0.1, 0.15) is 0 Å². The minimum atomic E-state index is 0.547. The summed E-state index contributed by atoms with van der Waals surface area (Å²) in [7, 11) is 0. The maximum Gasteiger partial charge on any atom is 0.00984 e. The van der Waals surface area contributed by atoms with Crippen molar-refractivity contribution in [3.8, 4) is 0 Å². The average molecular weight is 167 g/mol. The summed E-state index contributed by atoms with van der Waals surface area (Å²) in [4.78, 5) is 0. The van der Waals surface area contributed by atoms with E-state index in [4.69, 9.17) is 5.73 Å². The standard InChI is InChI=1S/C11H21N/c1-7(2)5-10-8-3-4-9(6-8)11(10)12/h7-11H,3-6,12H2,1-2H3/t8-,9+,10+,11+/m0/s1. The zero-order valence-corrected chi connectivity index (χ0v) is 8.29. The molecule has 12 heavy (non-hydrogen) atoms. The summed E-state index contributed by atoms with van der Waals surface area (Å²) in [5, 5.41) is 0. The van der Waals surface area contributed by atoms with Crippen molar-refractivity contribution in [1.82, 2.24) is 0 Å². The van der Waals surface area contributed by atoms with Gasteiger partial charge in [-0.05, 0) is 49.4 Å². The zero-order valence-electron chi connectivity index (χ0n) is 8.29. The second kappa shape index (κ2) is 3.02. The molecule has 4 atom stereocenters. The summed E-state index contributed by atoms with van der Waals surface area (Å²) in [6.07, 6.45) is 5.69. The molecule has 2 aliphatic rings. The van der Waals surface area contributed by atoms with E-state index in [1.54, 1.807) is 0 Å². The molecule has 0 aromatic carbocycles. The van der Waals surface area contributed by atoms with Crippen LogP contribution in [0.15, 0.2) is 0 Å². The number of nitrogens with two attached hydrogens (primary N) is 1. The van der Waals surface area contributed by atoms with Crippen LogP contribution in [-0.4, -0.2) is 6.04 Å². The van der Waals surface area contributed by atoms with Crippen LogP contribution in [0.4, 0.5) is 0 Å². The molecule has 2 fully saturated rings. The first-order chi connectivity index (χ1) is 5.68. The van der Waals surface area contributed by atoms with Gasteiger partial charge in [0.15, 0.2) is 0 Å². The molecule has 2 rings (SSSR count). The van der Waals surface area contributed by atoms with E-state index in [9.17, 15) is 0 Å². The average Bonchev–Trinajstić information content (AvgIpc) is 2.53. The Hall–Kier alpha value is -0.0400. The smallest absolute Gasteiger partial charge is 0.00984 e. The lowest BCUT2D eigenvalue weighted by Gasteiger charge is -2.29. The van der Waals surface area contributed by atoms with Gasteiger partial charge in [-0.25, -0.2) is 0 Å². The lowest BCUT2D eigenvalue weighted by molar-refractivity contribution is 0.248. The molecule has 0 heterocycles. The van der Waals surface area contributed by atoms with Gasteiger partial charge >= 0.3 is 0 Å². The van der Waals surface area contributed by atoms with E-state index in [0.717, 1.165) is 23.7 Å². The monoisotopic (exact) mass is 167 g/mol. The molecule has 2 N–H and O–H groups in total. The van der Waals surface area contributed by atoms with Crippen molar-refractivity contribution < 1.29 is 0 Å². The Morgan fingerprint density at radius 1 is 1.25 bits per heavy atom. The van der Waals surface area contributed by atoms with Gasteiger partial charge in [0.2, 0.25) is 0 Å². The van der Waals surface area contributed by atoms with Crippen LogP contribution in [-0.2, 0) is 0 Å². The molecule has 1 heteroatoms. The quantitative estimate of drug-likeness (QED) is 0.671. The summed E-state index contributed by atoms with van der Waals surface area (Å²) < 4.78 is 0. The summed E-state index contributed by atoms with van der Waals surface area (Å²) in [6.45, 7) is 4.64. The third-order valence-corrected chi connectivity index (χ3v) is 3.90. The largest absolute Gasteiger partial charge is 0.327 e. The van der Waals surface area contributed by atoms with Crippen LogP contribution in [0.3, 0.4) is 0 Å². The van der Waals surface area contributed by atoms with Crippen molar-refractivity contribution in [3.63, 3.8) is 0 Å². The third kappa shape index (κ3) is 1.28. The Balaban J connectivity index is 1.98.